The normalized spacial score (nSPS) is 38.9. The topological polar surface area (TPSA) is 63.3 Å². The Morgan fingerprint density at radius 3 is 2.50 bits per heavy atom. The maximum absolute atomic E-state index is 11.2. The summed E-state index contributed by atoms with van der Waals surface area (Å²) in [7, 11) is 0. The van der Waals surface area contributed by atoms with Crippen molar-refractivity contribution in [3.8, 4) is 0 Å². The summed E-state index contributed by atoms with van der Waals surface area (Å²) in [4.78, 5) is 11.2. The minimum atomic E-state index is -0.633. The van der Waals surface area contributed by atoms with Gasteiger partial charge in [-0.1, -0.05) is 6.92 Å². The van der Waals surface area contributed by atoms with Gasteiger partial charge < -0.3 is 10.8 Å². The number of carboxylic acid groups (broad SMARTS) is 1. The summed E-state index contributed by atoms with van der Waals surface area (Å²) in [5.74, 6) is 0.730. The molecule has 1 atom stereocenters. The monoisotopic (exact) mass is 197 g/mol. The maximum atomic E-state index is 11.2. The third-order valence-electron chi connectivity index (χ3n) is 3.90. The lowest BCUT2D eigenvalue weighted by Crippen LogP contribution is -2.51. The van der Waals surface area contributed by atoms with Crippen LogP contribution in [0.25, 0.3) is 0 Å². The molecule has 0 aromatic heterocycles. The van der Waals surface area contributed by atoms with Crippen LogP contribution in [0, 0.1) is 17.3 Å². The first-order valence-electron chi connectivity index (χ1n) is 5.52. The van der Waals surface area contributed by atoms with Crippen molar-refractivity contribution in [1.29, 1.82) is 0 Å². The van der Waals surface area contributed by atoms with E-state index in [2.05, 4.69) is 6.92 Å². The van der Waals surface area contributed by atoms with E-state index in [4.69, 9.17) is 5.73 Å². The molecule has 0 radical (unpaired) electrons. The van der Waals surface area contributed by atoms with Gasteiger partial charge in [0.05, 0.1) is 5.41 Å². The van der Waals surface area contributed by atoms with Crippen LogP contribution in [0.2, 0.25) is 0 Å². The number of rotatable bonds is 4. The van der Waals surface area contributed by atoms with E-state index in [1.165, 1.54) is 12.8 Å². The van der Waals surface area contributed by atoms with E-state index in [0.29, 0.717) is 18.8 Å². The minimum Gasteiger partial charge on any atom is -0.481 e. The standard InChI is InChI=1S/C11H19NO2/c1-7(8-2-3-8)4-11(10(13)14)5-9(12)6-11/h7-9H,2-6,12H2,1H3,(H,13,14). The molecule has 2 aliphatic rings. The Balaban J connectivity index is 1.94. The van der Waals surface area contributed by atoms with E-state index in [-0.39, 0.29) is 6.04 Å². The zero-order valence-corrected chi connectivity index (χ0v) is 8.70. The van der Waals surface area contributed by atoms with E-state index in [9.17, 15) is 9.90 Å². The fourth-order valence-corrected chi connectivity index (χ4v) is 2.82. The van der Waals surface area contributed by atoms with Crippen molar-refractivity contribution < 1.29 is 9.90 Å². The molecule has 0 heterocycles. The van der Waals surface area contributed by atoms with Gasteiger partial charge in [-0.05, 0) is 43.9 Å². The first-order valence-corrected chi connectivity index (χ1v) is 5.52. The molecule has 14 heavy (non-hydrogen) atoms. The molecule has 0 aliphatic heterocycles. The first kappa shape index (κ1) is 9.97. The highest BCUT2D eigenvalue weighted by Crippen LogP contribution is 2.50. The molecular weight excluding hydrogens is 178 g/mol. The molecule has 3 nitrogen and oxygen atoms in total. The van der Waals surface area contributed by atoms with Gasteiger partial charge in [-0.25, -0.2) is 0 Å². The molecule has 0 amide bonds. The number of hydrogen-bond donors (Lipinski definition) is 2. The van der Waals surface area contributed by atoms with Gasteiger partial charge in [-0.2, -0.15) is 0 Å². The molecule has 0 aromatic carbocycles. The highest BCUT2D eigenvalue weighted by atomic mass is 16.4. The molecule has 3 heteroatoms. The molecule has 2 saturated carbocycles. The number of carbonyl (C=O) groups is 1. The van der Waals surface area contributed by atoms with Crippen molar-refractivity contribution in [2.45, 2.75) is 45.1 Å². The first-order chi connectivity index (χ1) is 6.53. The molecule has 0 spiro atoms. The van der Waals surface area contributed by atoms with Crippen LogP contribution in [0.1, 0.15) is 39.0 Å². The fraction of sp³-hybridized carbons (Fsp3) is 0.909. The summed E-state index contributed by atoms with van der Waals surface area (Å²) in [5, 5.41) is 9.20. The lowest BCUT2D eigenvalue weighted by Gasteiger charge is -2.44. The zero-order chi connectivity index (χ0) is 10.3. The molecule has 1 unspecified atom stereocenters. The summed E-state index contributed by atoms with van der Waals surface area (Å²) in [6, 6.07) is 0.123. The number of carboxylic acids is 1. The van der Waals surface area contributed by atoms with E-state index in [0.717, 1.165) is 12.3 Å². The van der Waals surface area contributed by atoms with E-state index < -0.39 is 11.4 Å². The Labute approximate surface area is 84.7 Å². The molecule has 0 saturated heterocycles. The Kier molecular flexibility index (Phi) is 2.30. The van der Waals surface area contributed by atoms with Gasteiger partial charge in [-0.15, -0.1) is 0 Å². The van der Waals surface area contributed by atoms with Crippen LogP contribution < -0.4 is 5.73 Å². The predicted octanol–water partition coefficient (Wildman–Crippen LogP) is 1.61. The molecule has 2 aliphatic carbocycles. The summed E-state index contributed by atoms with van der Waals surface area (Å²) in [6.45, 7) is 2.19. The third-order valence-corrected chi connectivity index (χ3v) is 3.90. The van der Waals surface area contributed by atoms with Gasteiger partial charge in [0.15, 0.2) is 0 Å². The largest absolute Gasteiger partial charge is 0.481 e. The summed E-state index contributed by atoms with van der Waals surface area (Å²) >= 11 is 0. The van der Waals surface area contributed by atoms with Crippen LogP contribution in [-0.2, 0) is 4.79 Å². The van der Waals surface area contributed by atoms with Crippen molar-refractivity contribution in [2.75, 3.05) is 0 Å². The van der Waals surface area contributed by atoms with Crippen molar-refractivity contribution in [3.05, 3.63) is 0 Å². The molecular formula is C11H19NO2. The SMILES string of the molecule is CC(CC1(C(=O)O)CC(N)C1)C1CC1. The van der Waals surface area contributed by atoms with Gasteiger partial charge in [0.2, 0.25) is 0 Å². The highest BCUT2D eigenvalue weighted by molar-refractivity contribution is 5.76. The Hall–Kier alpha value is -0.570. The predicted molar refractivity (Wildman–Crippen MR) is 53.8 cm³/mol. The van der Waals surface area contributed by atoms with Crippen molar-refractivity contribution in [1.82, 2.24) is 0 Å². The quantitative estimate of drug-likeness (QED) is 0.719. The second-order valence-corrected chi connectivity index (χ2v) is 5.27. The Morgan fingerprint density at radius 2 is 2.14 bits per heavy atom. The van der Waals surface area contributed by atoms with Crippen molar-refractivity contribution in [2.24, 2.45) is 23.0 Å². The van der Waals surface area contributed by atoms with Crippen LogP contribution in [0.3, 0.4) is 0 Å². The lowest BCUT2D eigenvalue weighted by atomic mass is 9.61. The Bertz CT molecular complexity index is 242. The van der Waals surface area contributed by atoms with Crippen LogP contribution >= 0.6 is 0 Å². The number of nitrogens with two attached hydrogens (primary N) is 1. The summed E-state index contributed by atoms with van der Waals surface area (Å²) in [6.07, 6.45) is 4.78. The second kappa shape index (κ2) is 3.23. The van der Waals surface area contributed by atoms with Gasteiger partial charge in [0.1, 0.15) is 0 Å². The third kappa shape index (κ3) is 1.65. The van der Waals surface area contributed by atoms with Gasteiger partial charge in [-0.3, -0.25) is 4.79 Å². The summed E-state index contributed by atoms with van der Waals surface area (Å²) < 4.78 is 0. The fourth-order valence-electron chi connectivity index (χ4n) is 2.82. The number of aliphatic carboxylic acids is 1. The lowest BCUT2D eigenvalue weighted by molar-refractivity contribution is -0.157. The van der Waals surface area contributed by atoms with E-state index >= 15 is 0 Å². The van der Waals surface area contributed by atoms with Crippen LogP contribution in [-0.4, -0.2) is 17.1 Å². The second-order valence-electron chi connectivity index (χ2n) is 5.27. The van der Waals surface area contributed by atoms with Gasteiger partial charge in [0, 0.05) is 6.04 Å². The number of hydrogen-bond acceptors (Lipinski definition) is 2. The van der Waals surface area contributed by atoms with E-state index in [1.807, 2.05) is 0 Å². The molecule has 0 aromatic rings. The molecule has 80 valence electrons. The maximum Gasteiger partial charge on any atom is 0.309 e. The molecule has 2 rings (SSSR count). The van der Waals surface area contributed by atoms with Crippen LogP contribution in [0.5, 0.6) is 0 Å². The molecule has 0 bridgehead atoms. The average Bonchev–Trinajstić information content (AvgIpc) is 2.82. The summed E-state index contributed by atoms with van der Waals surface area (Å²) in [5.41, 5.74) is 5.23. The zero-order valence-electron chi connectivity index (χ0n) is 8.70. The van der Waals surface area contributed by atoms with Crippen LogP contribution in [0.15, 0.2) is 0 Å². The van der Waals surface area contributed by atoms with Gasteiger partial charge >= 0.3 is 5.97 Å². The van der Waals surface area contributed by atoms with Crippen molar-refractivity contribution in [3.63, 3.8) is 0 Å². The highest BCUT2D eigenvalue weighted by Gasteiger charge is 2.50. The van der Waals surface area contributed by atoms with Crippen molar-refractivity contribution >= 4 is 5.97 Å². The van der Waals surface area contributed by atoms with Crippen LogP contribution in [0.4, 0.5) is 0 Å². The Morgan fingerprint density at radius 1 is 1.57 bits per heavy atom. The molecule has 3 N–H and O–H groups in total. The smallest absolute Gasteiger partial charge is 0.309 e. The minimum absolute atomic E-state index is 0.123. The van der Waals surface area contributed by atoms with E-state index in [1.54, 1.807) is 0 Å². The average molecular weight is 197 g/mol. The van der Waals surface area contributed by atoms with Gasteiger partial charge in [0.25, 0.3) is 0 Å². The molecule has 2 fully saturated rings.